The normalized spacial score (nSPS) is 15.2. The van der Waals surface area contributed by atoms with Gasteiger partial charge in [-0.1, -0.05) is 6.07 Å². The van der Waals surface area contributed by atoms with Crippen LogP contribution in [0.3, 0.4) is 0 Å². The van der Waals surface area contributed by atoms with E-state index in [-0.39, 0.29) is 12.4 Å². The summed E-state index contributed by atoms with van der Waals surface area (Å²) in [4.78, 5) is 17.4. The minimum absolute atomic E-state index is 0. The number of sulfonamides is 1. The fraction of sp³-hybridized carbons (Fsp3) is 0.235. The molecule has 4 rings (SSSR count). The van der Waals surface area contributed by atoms with Gasteiger partial charge >= 0.3 is 0 Å². The molecule has 1 saturated heterocycles. The fourth-order valence-electron chi connectivity index (χ4n) is 2.91. The van der Waals surface area contributed by atoms with E-state index in [1.807, 2.05) is 22.7 Å². The lowest BCUT2D eigenvalue weighted by Gasteiger charge is -2.33. The van der Waals surface area contributed by atoms with E-state index in [1.54, 1.807) is 34.0 Å². The molecule has 7 nitrogen and oxygen atoms in total. The van der Waals surface area contributed by atoms with Crippen LogP contribution in [0.1, 0.15) is 0 Å². The van der Waals surface area contributed by atoms with Crippen LogP contribution in [-0.2, 0) is 10.0 Å². The van der Waals surface area contributed by atoms with Crippen molar-refractivity contribution >= 4 is 43.5 Å². The van der Waals surface area contributed by atoms with Gasteiger partial charge in [-0.3, -0.25) is 0 Å². The second-order valence-corrected chi connectivity index (χ2v) is 9.97. The number of piperazine rings is 1. The summed E-state index contributed by atoms with van der Waals surface area (Å²) in [6.45, 7) is 2.10. The molecule has 0 atom stereocenters. The van der Waals surface area contributed by atoms with Gasteiger partial charge in [0.25, 0.3) is 15.7 Å². The van der Waals surface area contributed by atoms with Crippen molar-refractivity contribution in [3.05, 3.63) is 52.1 Å². The SMILES string of the molecule is O=[NH+]c1ccc(-c2csc(N3CCN(S(=O)(=O)c4cccs4)CC3)n2)cc1.[Cl-]. The molecule has 0 saturated carbocycles. The van der Waals surface area contributed by atoms with Gasteiger partial charge < -0.3 is 17.3 Å². The zero-order valence-corrected chi connectivity index (χ0v) is 17.8. The lowest BCUT2D eigenvalue weighted by atomic mass is 10.1. The summed E-state index contributed by atoms with van der Waals surface area (Å²) in [6, 6.07) is 10.5. The molecule has 0 radical (unpaired) electrons. The number of benzene rings is 1. The van der Waals surface area contributed by atoms with Crippen LogP contribution >= 0.6 is 22.7 Å². The summed E-state index contributed by atoms with van der Waals surface area (Å²) in [5.41, 5.74) is 2.30. The van der Waals surface area contributed by atoms with Crippen LogP contribution < -0.4 is 22.5 Å². The molecule has 3 aromatic rings. The summed E-state index contributed by atoms with van der Waals surface area (Å²) in [7, 11) is -3.39. The number of thiazole rings is 1. The molecule has 1 fully saturated rings. The zero-order valence-electron chi connectivity index (χ0n) is 14.6. The summed E-state index contributed by atoms with van der Waals surface area (Å²) >= 11 is 2.79. The van der Waals surface area contributed by atoms with E-state index in [0.717, 1.165) is 16.4 Å². The summed E-state index contributed by atoms with van der Waals surface area (Å²) < 4.78 is 27.2. The molecule has 0 amide bonds. The molecule has 11 heteroatoms. The van der Waals surface area contributed by atoms with Crippen molar-refractivity contribution in [1.29, 1.82) is 0 Å². The number of hydrogen-bond donors (Lipinski definition) is 1. The van der Waals surface area contributed by atoms with Gasteiger partial charge in [-0.25, -0.2) is 13.4 Å². The van der Waals surface area contributed by atoms with E-state index in [9.17, 15) is 13.3 Å². The predicted molar refractivity (Wildman–Crippen MR) is 107 cm³/mol. The Morgan fingerprint density at radius 1 is 1.00 bits per heavy atom. The Bertz CT molecular complexity index is 1030. The minimum atomic E-state index is -3.39. The third-order valence-corrected chi connectivity index (χ3v) is 8.56. The highest BCUT2D eigenvalue weighted by Crippen LogP contribution is 2.29. The second kappa shape index (κ2) is 8.66. The van der Waals surface area contributed by atoms with Crippen molar-refractivity contribution in [3.63, 3.8) is 0 Å². The maximum Gasteiger partial charge on any atom is 0.253 e. The molecule has 3 heterocycles. The summed E-state index contributed by atoms with van der Waals surface area (Å²) in [5.74, 6) is 0. The van der Waals surface area contributed by atoms with Crippen LogP contribution in [0.15, 0.2) is 51.4 Å². The van der Waals surface area contributed by atoms with Crippen LogP contribution in [0.25, 0.3) is 11.3 Å². The van der Waals surface area contributed by atoms with Gasteiger partial charge in [-0.2, -0.15) is 4.31 Å². The number of nitrogens with one attached hydrogen (secondary N) is 1. The Labute approximate surface area is 177 Å². The lowest BCUT2D eigenvalue weighted by molar-refractivity contribution is -0.379. The van der Waals surface area contributed by atoms with Crippen molar-refractivity contribution in [2.45, 2.75) is 4.21 Å². The quantitative estimate of drug-likeness (QED) is 0.525. The van der Waals surface area contributed by atoms with Crippen molar-refractivity contribution < 1.29 is 26.0 Å². The van der Waals surface area contributed by atoms with E-state index >= 15 is 0 Å². The van der Waals surface area contributed by atoms with Crippen molar-refractivity contribution in [2.24, 2.45) is 0 Å². The average molecular weight is 457 g/mol. The van der Waals surface area contributed by atoms with Gasteiger partial charge in [0.15, 0.2) is 5.13 Å². The first-order valence-corrected chi connectivity index (χ1v) is 11.5. The molecular weight excluding hydrogens is 440 g/mol. The standard InChI is InChI=1S/C17H16N4O3S3.ClH/c22-19-14-5-3-13(4-6-14)15-12-26-17(18-15)20-7-9-21(10-8-20)27(23,24)16-2-1-11-25-16;/h1-6,11-12H,7-10H2;1H. The Balaban J connectivity index is 0.00000225. The first-order valence-electron chi connectivity index (χ1n) is 8.30. The number of thiophene rings is 1. The number of halogens is 1. The minimum Gasteiger partial charge on any atom is -1.00 e. The van der Waals surface area contributed by atoms with Crippen LogP contribution in [-0.4, -0.2) is 43.9 Å². The molecule has 0 bridgehead atoms. The zero-order chi connectivity index (χ0) is 18.9. The Kier molecular flexibility index (Phi) is 6.46. The van der Waals surface area contributed by atoms with Crippen molar-refractivity contribution in [1.82, 2.24) is 9.29 Å². The van der Waals surface area contributed by atoms with Gasteiger partial charge in [-0.05, 0) is 23.6 Å². The average Bonchev–Trinajstić information content (AvgIpc) is 3.41. The van der Waals surface area contributed by atoms with Gasteiger partial charge in [0.05, 0.1) is 5.69 Å². The maximum absolute atomic E-state index is 12.6. The van der Waals surface area contributed by atoms with Gasteiger partial charge in [0.1, 0.15) is 4.21 Å². The highest BCUT2D eigenvalue weighted by Gasteiger charge is 2.30. The lowest BCUT2D eigenvalue weighted by Crippen LogP contribution is -3.00. The fourth-order valence-corrected chi connectivity index (χ4v) is 6.36. The van der Waals surface area contributed by atoms with Crippen LogP contribution in [0.4, 0.5) is 10.8 Å². The van der Waals surface area contributed by atoms with Gasteiger partial charge in [-0.15, -0.1) is 22.7 Å². The monoisotopic (exact) mass is 456 g/mol. The van der Waals surface area contributed by atoms with E-state index in [1.165, 1.54) is 22.7 Å². The number of nitroso groups, excluding NO2 is 1. The molecule has 2 aromatic heterocycles. The Morgan fingerprint density at radius 3 is 2.32 bits per heavy atom. The van der Waals surface area contributed by atoms with E-state index in [4.69, 9.17) is 0 Å². The van der Waals surface area contributed by atoms with Crippen molar-refractivity contribution in [3.8, 4) is 11.3 Å². The number of nitrogens with zero attached hydrogens (tertiary/aromatic N) is 3. The molecule has 148 valence electrons. The highest BCUT2D eigenvalue weighted by atomic mass is 35.5. The largest absolute Gasteiger partial charge is 1.00 e. The molecular formula is C17H17ClN4O3S3. The van der Waals surface area contributed by atoms with Gasteiger partial charge in [0.2, 0.25) is 0 Å². The van der Waals surface area contributed by atoms with E-state index < -0.39 is 10.0 Å². The molecule has 0 aliphatic carbocycles. The number of aromatic nitrogens is 1. The topological polar surface area (TPSA) is 84.5 Å². The van der Waals surface area contributed by atoms with Gasteiger partial charge in [0, 0.05) is 59.3 Å². The number of hydrogen-bond acceptors (Lipinski definition) is 7. The molecule has 0 unspecified atom stereocenters. The molecule has 1 N–H and O–H groups in total. The molecule has 1 aliphatic heterocycles. The molecule has 0 spiro atoms. The Hall–Kier alpha value is -1.85. The smallest absolute Gasteiger partial charge is 0.253 e. The van der Waals surface area contributed by atoms with Crippen molar-refractivity contribution in [2.75, 3.05) is 31.1 Å². The summed E-state index contributed by atoms with van der Waals surface area (Å²) in [5, 5.41) is 6.49. The first-order chi connectivity index (χ1) is 13.1. The van der Waals surface area contributed by atoms with Crippen LogP contribution in [0, 0.1) is 4.91 Å². The predicted octanol–water partition coefficient (Wildman–Crippen LogP) is -1.13. The molecule has 1 aliphatic rings. The van der Waals surface area contributed by atoms with Crippen LogP contribution in [0.2, 0.25) is 0 Å². The maximum atomic E-state index is 12.6. The van der Waals surface area contributed by atoms with E-state index in [0.29, 0.717) is 36.1 Å². The molecule has 1 aromatic carbocycles. The second-order valence-electron chi connectivity index (χ2n) is 6.02. The third kappa shape index (κ3) is 4.11. The number of anilines is 1. The molecule has 28 heavy (non-hydrogen) atoms. The Morgan fingerprint density at radius 2 is 1.71 bits per heavy atom. The highest BCUT2D eigenvalue weighted by molar-refractivity contribution is 7.91. The van der Waals surface area contributed by atoms with Crippen LogP contribution in [0.5, 0.6) is 0 Å². The first kappa shape index (κ1) is 20.9. The third-order valence-electron chi connectivity index (χ3n) is 4.39. The number of rotatable bonds is 5. The van der Waals surface area contributed by atoms with E-state index in [2.05, 4.69) is 9.88 Å². The summed E-state index contributed by atoms with van der Waals surface area (Å²) in [6.07, 6.45) is 0.